The van der Waals surface area contributed by atoms with Gasteiger partial charge in [-0.1, -0.05) is 0 Å². The van der Waals surface area contributed by atoms with Crippen molar-refractivity contribution in [1.82, 2.24) is 24.9 Å². The Morgan fingerprint density at radius 1 is 0.814 bits per heavy atom. The standard InChI is InChI=1S/C25H25N5O3S.C9H12BrNO.C5H5BrN2.C3H7ClO/c1-16-12-20(33-19-4-5-22(28-14-19)27-10-11-32-3)13-17(2)23(16)21-15-34-25(29-21)30-24(31)18-6-8-26-9-7-18;1-12-6-2-3-9-5-4-8(10)7-11-9;6-4-1-2-5(7)8-3-4;1-5-3-2-4/h4-9,12-15H,10-11H2,1-3H3,(H,27,28)(H,29,30,31);4-5,7H,2-3,6H2,1H3;1-3H,(H2,7,8);2-3H2,1H3. The molecular weight excluding hydrogens is 924 g/mol. The van der Waals surface area contributed by atoms with Gasteiger partial charge in [0, 0.05) is 96.3 Å². The predicted octanol–water partition coefficient (Wildman–Crippen LogP) is 10.0. The molecule has 0 bridgehead atoms. The highest BCUT2D eigenvalue weighted by Crippen LogP contribution is 2.34. The number of ether oxygens (including phenoxy) is 4. The molecule has 1 aromatic carbocycles. The molecule has 0 saturated carbocycles. The van der Waals surface area contributed by atoms with Gasteiger partial charge in [-0.2, -0.15) is 0 Å². The van der Waals surface area contributed by atoms with Gasteiger partial charge in [0.1, 0.15) is 23.1 Å². The number of nitrogens with zero attached hydrogens (tertiary/aromatic N) is 5. The number of thiazole rings is 1. The number of hydrogen-bond acceptors (Lipinski definition) is 13. The number of anilines is 3. The second-order valence-electron chi connectivity index (χ2n) is 12.2. The van der Waals surface area contributed by atoms with Crippen LogP contribution in [0.2, 0.25) is 0 Å². The molecule has 0 aliphatic heterocycles. The van der Waals surface area contributed by atoms with E-state index in [0.717, 1.165) is 68.0 Å². The van der Waals surface area contributed by atoms with E-state index in [1.807, 2.05) is 67.9 Å². The summed E-state index contributed by atoms with van der Waals surface area (Å²) in [5, 5.41) is 8.51. The Balaban J connectivity index is 0.000000300. The Labute approximate surface area is 371 Å². The number of methoxy groups -OCH3 is 3. The lowest BCUT2D eigenvalue weighted by Crippen LogP contribution is -2.11. The number of aryl methyl sites for hydroxylation is 3. The maximum atomic E-state index is 12.4. The lowest BCUT2D eigenvalue weighted by Gasteiger charge is -2.12. The van der Waals surface area contributed by atoms with E-state index < -0.39 is 0 Å². The van der Waals surface area contributed by atoms with E-state index >= 15 is 0 Å². The summed E-state index contributed by atoms with van der Waals surface area (Å²) in [4.78, 5) is 33.4. The highest BCUT2D eigenvalue weighted by atomic mass is 79.9. The molecule has 13 nitrogen and oxygen atoms in total. The number of nitrogens with two attached hydrogens (primary N) is 1. The molecule has 17 heteroatoms. The molecule has 5 heterocycles. The van der Waals surface area contributed by atoms with Crippen LogP contribution in [-0.4, -0.2) is 84.4 Å². The number of halogens is 3. The molecule has 5 aromatic heterocycles. The van der Waals surface area contributed by atoms with Crippen LogP contribution in [-0.2, 0) is 20.6 Å². The summed E-state index contributed by atoms with van der Waals surface area (Å²) >= 11 is 13.1. The quantitative estimate of drug-likeness (QED) is 0.0659. The first kappa shape index (κ1) is 48.8. The summed E-state index contributed by atoms with van der Waals surface area (Å²) in [5.74, 6) is 3.07. The molecule has 1 amide bonds. The fourth-order valence-electron chi connectivity index (χ4n) is 4.88. The molecule has 0 saturated heterocycles. The fraction of sp³-hybridized carbons (Fsp3) is 0.286. The van der Waals surface area contributed by atoms with Gasteiger partial charge in [0.15, 0.2) is 5.13 Å². The van der Waals surface area contributed by atoms with Gasteiger partial charge in [-0.3, -0.25) is 20.1 Å². The van der Waals surface area contributed by atoms with Crippen molar-refractivity contribution < 1.29 is 23.7 Å². The number of aromatic nitrogens is 5. The smallest absolute Gasteiger partial charge is 0.257 e. The maximum Gasteiger partial charge on any atom is 0.257 e. The summed E-state index contributed by atoms with van der Waals surface area (Å²) in [6.07, 6.45) is 10.4. The maximum absolute atomic E-state index is 12.4. The number of carbonyl (C=O) groups is 1. The van der Waals surface area contributed by atoms with Gasteiger partial charge in [0.2, 0.25) is 0 Å². The van der Waals surface area contributed by atoms with Crippen LogP contribution in [0.1, 0.15) is 33.6 Å². The second kappa shape index (κ2) is 28.0. The number of hydrogen-bond donors (Lipinski definition) is 3. The van der Waals surface area contributed by atoms with Crippen molar-refractivity contribution in [1.29, 1.82) is 0 Å². The summed E-state index contributed by atoms with van der Waals surface area (Å²) in [7, 11) is 5.01. The van der Waals surface area contributed by atoms with E-state index in [1.165, 1.54) is 11.3 Å². The van der Waals surface area contributed by atoms with Crippen LogP contribution in [0.3, 0.4) is 0 Å². The summed E-state index contributed by atoms with van der Waals surface area (Å²) in [6, 6.07) is 18.6. The molecule has 6 aromatic rings. The van der Waals surface area contributed by atoms with Crippen molar-refractivity contribution in [2.75, 3.05) is 69.9 Å². The monoisotopic (exact) mass is 970 g/mol. The van der Waals surface area contributed by atoms with Gasteiger partial charge in [-0.05, 0) is 130 Å². The van der Waals surface area contributed by atoms with Crippen LogP contribution in [0.25, 0.3) is 11.3 Å². The van der Waals surface area contributed by atoms with E-state index in [9.17, 15) is 4.79 Å². The van der Waals surface area contributed by atoms with Crippen LogP contribution < -0.4 is 21.1 Å². The SMILES string of the molecule is COCCCc1ccc(Br)cn1.COCCCl.COCCNc1ccc(Oc2cc(C)c(-c3csc(NC(=O)c4ccncc4)n3)c(C)c2)cn1.Nc1ccc(Br)cn1. The predicted molar refractivity (Wildman–Crippen MR) is 245 cm³/mol. The molecule has 314 valence electrons. The van der Waals surface area contributed by atoms with Crippen LogP contribution in [0.4, 0.5) is 16.8 Å². The molecule has 59 heavy (non-hydrogen) atoms. The van der Waals surface area contributed by atoms with Crippen LogP contribution in [0, 0.1) is 13.8 Å². The van der Waals surface area contributed by atoms with Gasteiger partial charge < -0.3 is 30.0 Å². The Morgan fingerprint density at radius 2 is 1.49 bits per heavy atom. The Hall–Kier alpha value is -4.55. The first-order valence-electron chi connectivity index (χ1n) is 18.2. The van der Waals surface area contributed by atoms with Crippen LogP contribution >= 0.6 is 54.8 Å². The highest BCUT2D eigenvalue weighted by molar-refractivity contribution is 9.10. The molecule has 0 aliphatic carbocycles. The van der Waals surface area contributed by atoms with E-state index in [4.69, 9.17) is 31.5 Å². The number of nitrogens with one attached hydrogen (secondary N) is 2. The van der Waals surface area contributed by atoms with Crippen molar-refractivity contribution >= 4 is 77.5 Å². The molecule has 0 unspecified atom stereocenters. The Morgan fingerprint density at radius 3 is 2.03 bits per heavy atom. The van der Waals surface area contributed by atoms with Crippen LogP contribution in [0.15, 0.2) is 106 Å². The van der Waals surface area contributed by atoms with E-state index in [2.05, 4.69) is 72.2 Å². The Bertz CT molecular complexity index is 2040. The average molecular weight is 973 g/mol. The van der Waals surface area contributed by atoms with Crippen molar-refractivity contribution in [3.8, 4) is 22.8 Å². The molecule has 4 N–H and O–H groups in total. The van der Waals surface area contributed by atoms with Gasteiger partial charge in [-0.15, -0.1) is 22.9 Å². The van der Waals surface area contributed by atoms with E-state index in [-0.39, 0.29) is 5.91 Å². The summed E-state index contributed by atoms with van der Waals surface area (Å²) in [6.45, 7) is 6.80. The lowest BCUT2D eigenvalue weighted by atomic mass is 10.0. The third-order valence-corrected chi connectivity index (χ3v) is 9.47. The first-order chi connectivity index (χ1) is 28.6. The molecule has 0 radical (unpaired) electrons. The second-order valence-corrected chi connectivity index (χ2v) is 15.3. The van der Waals surface area contributed by atoms with Crippen molar-refractivity contribution in [2.45, 2.75) is 26.7 Å². The normalized spacial score (nSPS) is 10.2. The van der Waals surface area contributed by atoms with E-state index in [0.29, 0.717) is 47.9 Å². The molecule has 0 spiro atoms. The highest BCUT2D eigenvalue weighted by Gasteiger charge is 2.14. The molecule has 0 fully saturated rings. The van der Waals surface area contributed by atoms with Gasteiger partial charge in [-0.25, -0.2) is 15.0 Å². The van der Waals surface area contributed by atoms with Crippen molar-refractivity contribution in [2.24, 2.45) is 0 Å². The molecular formula is C42H49Br2ClN8O5S. The third kappa shape index (κ3) is 18.9. The number of amides is 1. The van der Waals surface area contributed by atoms with Crippen molar-refractivity contribution in [3.63, 3.8) is 0 Å². The largest absolute Gasteiger partial charge is 0.456 e. The number of nitrogen functional groups attached to an aromatic ring is 1. The van der Waals surface area contributed by atoms with E-state index in [1.54, 1.807) is 64.3 Å². The number of benzene rings is 1. The fourth-order valence-corrected chi connectivity index (χ4v) is 6.20. The third-order valence-electron chi connectivity index (χ3n) is 7.62. The minimum atomic E-state index is -0.214. The number of carbonyl (C=O) groups excluding carboxylic acids is 1. The topological polar surface area (TPSA) is 169 Å². The minimum Gasteiger partial charge on any atom is -0.456 e. The summed E-state index contributed by atoms with van der Waals surface area (Å²) in [5.41, 5.74) is 10.8. The number of alkyl halides is 1. The first-order valence-corrected chi connectivity index (χ1v) is 21.2. The number of pyridine rings is 4. The molecule has 0 atom stereocenters. The van der Waals surface area contributed by atoms with Gasteiger partial charge >= 0.3 is 0 Å². The van der Waals surface area contributed by atoms with Crippen LogP contribution in [0.5, 0.6) is 11.5 Å². The summed E-state index contributed by atoms with van der Waals surface area (Å²) < 4.78 is 22.5. The zero-order valence-corrected chi connectivity index (χ0v) is 38.3. The lowest BCUT2D eigenvalue weighted by molar-refractivity contribution is 0.102. The van der Waals surface area contributed by atoms with Crippen molar-refractivity contribution in [3.05, 3.63) is 128 Å². The average Bonchev–Trinajstić information content (AvgIpc) is 3.69. The van der Waals surface area contributed by atoms with Gasteiger partial charge in [0.25, 0.3) is 5.91 Å². The molecule has 0 aliphatic rings. The minimum absolute atomic E-state index is 0.214. The van der Waals surface area contributed by atoms with Gasteiger partial charge in [0.05, 0.1) is 25.1 Å². The zero-order valence-electron chi connectivity index (χ0n) is 33.6. The Kier molecular flexibility index (Phi) is 23.2. The zero-order chi connectivity index (χ0) is 42.8. The number of rotatable bonds is 15. The molecule has 6 rings (SSSR count).